The van der Waals surface area contributed by atoms with Gasteiger partial charge in [-0.05, 0) is 53.4 Å². The summed E-state index contributed by atoms with van der Waals surface area (Å²) in [5, 5.41) is 3.95. The number of amides is 1. The molecule has 29 heavy (non-hydrogen) atoms. The van der Waals surface area contributed by atoms with E-state index < -0.39 is 5.82 Å². The zero-order valence-corrected chi connectivity index (χ0v) is 16.2. The summed E-state index contributed by atoms with van der Waals surface area (Å²) in [7, 11) is 1.49. The first-order valence-electron chi connectivity index (χ1n) is 9.52. The van der Waals surface area contributed by atoms with Crippen LogP contribution in [-0.4, -0.2) is 43.8 Å². The van der Waals surface area contributed by atoms with E-state index in [1.807, 2.05) is 24.3 Å². The maximum atomic E-state index is 13.9. The summed E-state index contributed by atoms with van der Waals surface area (Å²) in [6.07, 6.45) is 1.71. The lowest BCUT2D eigenvalue weighted by Gasteiger charge is -2.29. The van der Waals surface area contributed by atoms with E-state index >= 15 is 0 Å². The Hall–Kier alpha value is -3.19. The Kier molecular flexibility index (Phi) is 5.31. The van der Waals surface area contributed by atoms with Gasteiger partial charge in [-0.3, -0.25) is 9.59 Å². The van der Waals surface area contributed by atoms with Crippen molar-refractivity contribution in [2.75, 3.05) is 38.3 Å². The average molecular weight is 395 g/mol. The number of fused-ring (bicyclic) bond motifs is 1. The molecule has 0 saturated carbocycles. The highest BCUT2D eigenvalue weighted by atomic mass is 19.1. The number of hydrogen-bond acceptors (Lipinski definition) is 4. The summed E-state index contributed by atoms with van der Waals surface area (Å²) in [5.41, 5.74) is 1.70. The minimum atomic E-state index is -0.509. The van der Waals surface area contributed by atoms with Gasteiger partial charge in [0.05, 0.1) is 19.8 Å². The number of halogens is 1. The second-order valence-electron chi connectivity index (χ2n) is 7.05. The van der Waals surface area contributed by atoms with Crippen LogP contribution in [-0.2, 0) is 11.3 Å². The van der Waals surface area contributed by atoms with E-state index in [4.69, 9.17) is 4.74 Å². The van der Waals surface area contributed by atoms with Gasteiger partial charge in [-0.15, -0.1) is 0 Å². The number of carbonyl (C=O) groups is 1. The van der Waals surface area contributed by atoms with Gasteiger partial charge in [0.25, 0.3) is 11.5 Å². The van der Waals surface area contributed by atoms with Crippen LogP contribution < -0.4 is 15.8 Å². The van der Waals surface area contributed by atoms with Crippen LogP contribution in [0.1, 0.15) is 15.9 Å². The van der Waals surface area contributed by atoms with Crippen LogP contribution in [0.15, 0.2) is 53.5 Å². The Morgan fingerprint density at radius 2 is 1.93 bits per heavy atom. The van der Waals surface area contributed by atoms with Crippen molar-refractivity contribution in [2.45, 2.75) is 6.54 Å². The molecule has 6 nitrogen and oxygen atoms in total. The fourth-order valence-corrected chi connectivity index (χ4v) is 3.63. The lowest BCUT2D eigenvalue weighted by Crippen LogP contribution is -2.36. The fourth-order valence-electron chi connectivity index (χ4n) is 3.63. The number of rotatable bonds is 4. The second kappa shape index (κ2) is 8.05. The minimum Gasteiger partial charge on any atom is -0.378 e. The molecule has 0 atom stereocenters. The van der Waals surface area contributed by atoms with Gasteiger partial charge in [0.15, 0.2) is 0 Å². The molecule has 1 aliphatic rings. The summed E-state index contributed by atoms with van der Waals surface area (Å²) in [4.78, 5) is 27.0. The van der Waals surface area contributed by atoms with E-state index in [2.05, 4.69) is 10.2 Å². The van der Waals surface area contributed by atoms with Crippen molar-refractivity contribution in [3.8, 4) is 0 Å². The number of aromatic nitrogens is 1. The molecule has 0 bridgehead atoms. The second-order valence-corrected chi connectivity index (χ2v) is 7.05. The van der Waals surface area contributed by atoms with Crippen molar-refractivity contribution >= 4 is 22.4 Å². The number of hydrogen-bond donors (Lipinski definition) is 1. The number of nitrogens with one attached hydrogen (secondary N) is 1. The molecule has 0 spiro atoms. The smallest absolute Gasteiger partial charge is 0.258 e. The number of nitrogens with zero attached hydrogens (tertiary/aromatic N) is 2. The molecule has 1 aliphatic heterocycles. The SMILES string of the molecule is CNC(=O)c1cc(F)cc(Cn2ccc3cc(N4CCOCC4)ccc3c2=O)c1. The molecule has 1 aromatic heterocycles. The third-order valence-corrected chi connectivity index (χ3v) is 5.14. The van der Waals surface area contributed by atoms with Gasteiger partial charge >= 0.3 is 0 Å². The molecule has 1 saturated heterocycles. The number of anilines is 1. The molecule has 0 aliphatic carbocycles. The summed E-state index contributed by atoms with van der Waals surface area (Å²) >= 11 is 0. The molecule has 2 aromatic carbocycles. The van der Waals surface area contributed by atoms with Crippen LogP contribution in [0, 0.1) is 5.82 Å². The molecule has 1 amide bonds. The van der Waals surface area contributed by atoms with Crippen molar-refractivity contribution in [1.29, 1.82) is 0 Å². The van der Waals surface area contributed by atoms with Crippen molar-refractivity contribution in [2.24, 2.45) is 0 Å². The Labute approximate surface area is 167 Å². The van der Waals surface area contributed by atoms with E-state index in [9.17, 15) is 14.0 Å². The summed E-state index contributed by atoms with van der Waals surface area (Å²) in [6.45, 7) is 3.24. The van der Waals surface area contributed by atoms with Gasteiger partial charge in [0.2, 0.25) is 0 Å². The van der Waals surface area contributed by atoms with Crippen LogP contribution in [0.25, 0.3) is 10.8 Å². The van der Waals surface area contributed by atoms with Gasteiger partial charge in [-0.25, -0.2) is 4.39 Å². The van der Waals surface area contributed by atoms with E-state index in [1.165, 1.54) is 23.7 Å². The van der Waals surface area contributed by atoms with Crippen molar-refractivity contribution in [1.82, 2.24) is 9.88 Å². The highest BCUT2D eigenvalue weighted by Gasteiger charge is 2.13. The van der Waals surface area contributed by atoms with Crippen LogP contribution >= 0.6 is 0 Å². The molecule has 1 N–H and O–H groups in total. The van der Waals surface area contributed by atoms with Gasteiger partial charge in [-0.2, -0.15) is 0 Å². The quantitative estimate of drug-likeness (QED) is 0.737. The van der Waals surface area contributed by atoms with Gasteiger partial charge in [0, 0.05) is 43.0 Å². The number of pyridine rings is 1. The fraction of sp³-hybridized carbons (Fsp3) is 0.273. The van der Waals surface area contributed by atoms with Crippen molar-refractivity contribution < 1.29 is 13.9 Å². The molecule has 7 heteroatoms. The minimum absolute atomic E-state index is 0.151. The molecule has 0 unspecified atom stereocenters. The summed E-state index contributed by atoms with van der Waals surface area (Å²) in [6, 6.07) is 11.8. The maximum Gasteiger partial charge on any atom is 0.258 e. The topological polar surface area (TPSA) is 63.6 Å². The monoisotopic (exact) mass is 395 g/mol. The largest absolute Gasteiger partial charge is 0.378 e. The number of carbonyl (C=O) groups excluding carboxylic acids is 1. The lowest BCUT2D eigenvalue weighted by molar-refractivity contribution is 0.0962. The first kappa shape index (κ1) is 19.1. The normalized spacial score (nSPS) is 14.2. The molecule has 150 valence electrons. The Balaban J connectivity index is 1.65. The van der Waals surface area contributed by atoms with Gasteiger partial charge in [0.1, 0.15) is 5.82 Å². The molecular weight excluding hydrogens is 373 g/mol. The number of morpholine rings is 1. The average Bonchev–Trinajstić information content (AvgIpc) is 2.75. The Morgan fingerprint density at radius 3 is 2.69 bits per heavy atom. The van der Waals surface area contributed by atoms with Gasteiger partial charge < -0.3 is 19.5 Å². The summed E-state index contributed by atoms with van der Waals surface area (Å²) in [5.74, 6) is -0.877. The highest BCUT2D eigenvalue weighted by Crippen LogP contribution is 2.21. The number of benzene rings is 2. The molecule has 1 fully saturated rings. The predicted molar refractivity (Wildman–Crippen MR) is 110 cm³/mol. The molecule has 0 radical (unpaired) electrons. The van der Waals surface area contributed by atoms with Crippen LogP contribution in [0.5, 0.6) is 0 Å². The van der Waals surface area contributed by atoms with Crippen LogP contribution in [0.3, 0.4) is 0 Å². The molecular formula is C22H22FN3O3. The highest BCUT2D eigenvalue weighted by molar-refractivity contribution is 5.94. The third kappa shape index (κ3) is 4.00. The van der Waals surface area contributed by atoms with E-state index in [0.29, 0.717) is 24.2 Å². The molecule has 3 aromatic rings. The molecule has 2 heterocycles. The third-order valence-electron chi connectivity index (χ3n) is 5.14. The first-order chi connectivity index (χ1) is 14.0. The Bertz CT molecular complexity index is 1120. The lowest BCUT2D eigenvalue weighted by atomic mass is 10.1. The first-order valence-corrected chi connectivity index (χ1v) is 9.52. The Morgan fingerprint density at radius 1 is 1.14 bits per heavy atom. The predicted octanol–water partition coefficient (Wildman–Crippen LogP) is 2.39. The van der Waals surface area contributed by atoms with Crippen molar-refractivity contribution in [3.63, 3.8) is 0 Å². The van der Waals surface area contributed by atoms with E-state index in [0.717, 1.165) is 24.2 Å². The standard InChI is InChI=1S/C22H22FN3O3/c1-24-21(27)17-10-15(11-18(23)12-17)14-26-5-4-16-13-19(2-3-20(16)22(26)28)25-6-8-29-9-7-25/h2-5,10-13H,6-9,14H2,1H3,(H,24,27). The van der Waals surface area contributed by atoms with Crippen molar-refractivity contribution in [3.05, 3.63) is 76.0 Å². The maximum absolute atomic E-state index is 13.9. The zero-order valence-electron chi connectivity index (χ0n) is 16.2. The number of ether oxygens (including phenoxy) is 1. The van der Waals surface area contributed by atoms with Crippen LogP contribution in [0.4, 0.5) is 10.1 Å². The zero-order chi connectivity index (χ0) is 20.4. The van der Waals surface area contributed by atoms with E-state index in [1.54, 1.807) is 12.3 Å². The van der Waals surface area contributed by atoms with E-state index in [-0.39, 0.29) is 23.6 Å². The molecule has 4 rings (SSSR count). The van der Waals surface area contributed by atoms with Crippen LogP contribution in [0.2, 0.25) is 0 Å². The summed E-state index contributed by atoms with van der Waals surface area (Å²) < 4.78 is 20.8. The van der Waals surface area contributed by atoms with Gasteiger partial charge in [-0.1, -0.05) is 0 Å².